The van der Waals surface area contributed by atoms with Crippen molar-refractivity contribution in [3.63, 3.8) is 0 Å². The van der Waals surface area contributed by atoms with E-state index >= 15 is 0 Å². The van der Waals surface area contributed by atoms with Crippen molar-refractivity contribution >= 4 is 11.8 Å². The molecule has 0 saturated heterocycles. The molecule has 0 aromatic rings. The number of hydrogen-bond acceptors (Lipinski definition) is 8. The SMILES string of the molecule is CC.CCOC(=O)C1=C(COCCN)NC2=C(C(=O)CC(C)(C)C2)C1C1=CCN(/C=C\N)C=C1. The fraction of sp³-hybridized carbons (Fsp3) is 0.538. The number of carbonyl (C=O) groups excluding carboxylic acids is 2. The Labute approximate surface area is 203 Å². The van der Waals surface area contributed by atoms with Crippen LogP contribution in [0.25, 0.3) is 0 Å². The average molecular weight is 473 g/mol. The molecule has 0 aromatic carbocycles. The molecule has 1 aliphatic carbocycles. The van der Waals surface area contributed by atoms with Crippen LogP contribution in [0.4, 0.5) is 0 Å². The maximum Gasteiger partial charge on any atom is 0.336 e. The van der Waals surface area contributed by atoms with E-state index in [1.165, 1.54) is 6.20 Å². The predicted octanol–water partition coefficient (Wildman–Crippen LogP) is 2.85. The summed E-state index contributed by atoms with van der Waals surface area (Å²) in [6, 6.07) is 0. The number of ether oxygens (including phenoxy) is 2. The zero-order chi connectivity index (χ0) is 25.3. The third-order valence-electron chi connectivity index (χ3n) is 5.74. The highest BCUT2D eigenvalue weighted by atomic mass is 16.5. The van der Waals surface area contributed by atoms with Crippen molar-refractivity contribution in [3.8, 4) is 0 Å². The third kappa shape index (κ3) is 6.39. The molecule has 3 aliphatic rings. The van der Waals surface area contributed by atoms with Crippen LogP contribution in [0, 0.1) is 11.3 Å². The summed E-state index contributed by atoms with van der Waals surface area (Å²) in [5.41, 5.74) is 14.4. The van der Waals surface area contributed by atoms with Crippen molar-refractivity contribution < 1.29 is 19.1 Å². The number of hydrogen-bond donors (Lipinski definition) is 3. The Balaban J connectivity index is 0.00000199. The highest BCUT2D eigenvalue weighted by Gasteiger charge is 2.44. The van der Waals surface area contributed by atoms with Crippen LogP contribution in [0.5, 0.6) is 0 Å². The van der Waals surface area contributed by atoms with Crippen molar-refractivity contribution in [3.05, 3.63) is 58.9 Å². The molecule has 5 N–H and O–H groups in total. The van der Waals surface area contributed by atoms with Crippen LogP contribution in [0.3, 0.4) is 0 Å². The van der Waals surface area contributed by atoms with Gasteiger partial charge in [0.15, 0.2) is 5.78 Å². The summed E-state index contributed by atoms with van der Waals surface area (Å²) in [5.74, 6) is -0.902. The van der Waals surface area contributed by atoms with E-state index in [4.69, 9.17) is 20.9 Å². The summed E-state index contributed by atoms with van der Waals surface area (Å²) in [6.07, 6.45) is 10.2. The Morgan fingerprint density at radius 1 is 1.32 bits per heavy atom. The van der Waals surface area contributed by atoms with Crippen molar-refractivity contribution in [2.24, 2.45) is 22.8 Å². The highest BCUT2D eigenvalue weighted by Crippen LogP contribution is 2.45. The number of rotatable bonds is 8. The topological polar surface area (TPSA) is 120 Å². The molecule has 1 unspecified atom stereocenters. The van der Waals surface area contributed by atoms with E-state index in [9.17, 15) is 9.59 Å². The van der Waals surface area contributed by atoms with Crippen molar-refractivity contribution in [2.45, 2.75) is 47.5 Å². The monoisotopic (exact) mass is 472 g/mol. The molecule has 0 aromatic heterocycles. The second-order valence-corrected chi connectivity index (χ2v) is 8.90. The largest absolute Gasteiger partial charge is 0.463 e. The Bertz CT molecular complexity index is 912. The van der Waals surface area contributed by atoms with Gasteiger partial charge in [-0.2, -0.15) is 0 Å². The third-order valence-corrected chi connectivity index (χ3v) is 5.74. The molecule has 8 heteroatoms. The molecule has 0 spiro atoms. The van der Waals surface area contributed by atoms with Gasteiger partial charge in [-0.3, -0.25) is 4.79 Å². The van der Waals surface area contributed by atoms with E-state index < -0.39 is 11.9 Å². The molecule has 0 bridgehead atoms. The second kappa shape index (κ2) is 12.6. The summed E-state index contributed by atoms with van der Waals surface area (Å²) in [4.78, 5) is 28.4. The van der Waals surface area contributed by atoms with Crippen molar-refractivity contribution in [1.29, 1.82) is 0 Å². The van der Waals surface area contributed by atoms with Gasteiger partial charge in [0.25, 0.3) is 0 Å². The number of ketones is 1. The minimum atomic E-state index is -0.509. The summed E-state index contributed by atoms with van der Waals surface area (Å²) >= 11 is 0. The maximum atomic E-state index is 13.3. The van der Waals surface area contributed by atoms with Gasteiger partial charge in [-0.05, 0) is 30.4 Å². The maximum absolute atomic E-state index is 13.3. The van der Waals surface area contributed by atoms with Crippen LogP contribution >= 0.6 is 0 Å². The number of carbonyl (C=O) groups is 2. The number of dihydropyridines is 1. The van der Waals surface area contributed by atoms with Gasteiger partial charge < -0.3 is 31.2 Å². The van der Waals surface area contributed by atoms with Gasteiger partial charge in [0, 0.05) is 55.3 Å². The minimum Gasteiger partial charge on any atom is -0.463 e. The minimum absolute atomic E-state index is 0.0519. The average Bonchev–Trinajstić information content (AvgIpc) is 2.80. The van der Waals surface area contributed by atoms with Crippen LogP contribution in [0.15, 0.2) is 58.9 Å². The molecule has 188 valence electrons. The summed E-state index contributed by atoms with van der Waals surface area (Å²) in [5, 5.41) is 3.37. The van der Waals surface area contributed by atoms with E-state index in [-0.39, 0.29) is 24.4 Å². The van der Waals surface area contributed by atoms with Crippen molar-refractivity contribution in [2.75, 3.05) is 32.9 Å². The lowest BCUT2D eigenvalue weighted by Crippen LogP contribution is -2.41. The van der Waals surface area contributed by atoms with E-state index in [2.05, 4.69) is 19.2 Å². The molecule has 1 atom stereocenters. The fourth-order valence-corrected chi connectivity index (χ4v) is 4.46. The first-order valence-electron chi connectivity index (χ1n) is 12.0. The van der Waals surface area contributed by atoms with Crippen LogP contribution in [0.1, 0.15) is 47.5 Å². The number of allylic oxidation sites excluding steroid dienone is 4. The normalized spacial score (nSPS) is 21.6. The van der Waals surface area contributed by atoms with Gasteiger partial charge in [0.05, 0.1) is 31.1 Å². The van der Waals surface area contributed by atoms with Gasteiger partial charge in [-0.15, -0.1) is 0 Å². The molecular weight excluding hydrogens is 432 g/mol. The molecule has 8 nitrogen and oxygen atoms in total. The molecule has 2 aliphatic heterocycles. The Hall–Kier alpha value is -2.84. The summed E-state index contributed by atoms with van der Waals surface area (Å²) in [7, 11) is 0. The molecule has 0 amide bonds. The zero-order valence-electron chi connectivity index (χ0n) is 21.1. The standard InChI is InChI=1S/C24H34N4O4.C2H6/c1-4-32-23(30)22-18(15-31-12-8-26)27-17-13-24(2,3)14-19(29)21(17)20(22)16-5-9-28(10-6-16)11-7-25;1-2/h5-7,9,11,20,27H,4,8,10,12-15,25-26H2,1-3H3;1-2H3/b11-7-;. The van der Waals surface area contributed by atoms with Crippen LogP contribution in [-0.2, 0) is 19.1 Å². The Morgan fingerprint density at radius 2 is 2.06 bits per heavy atom. The fourth-order valence-electron chi connectivity index (χ4n) is 4.46. The lowest BCUT2D eigenvalue weighted by Gasteiger charge is -2.40. The van der Waals surface area contributed by atoms with Gasteiger partial charge >= 0.3 is 5.97 Å². The van der Waals surface area contributed by atoms with Crippen LogP contribution in [0.2, 0.25) is 0 Å². The number of nitrogens with one attached hydrogen (secondary N) is 1. The first kappa shape index (κ1) is 27.4. The Morgan fingerprint density at radius 3 is 2.65 bits per heavy atom. The molecular formula is C26H40N4O4. The number of nitrogens with zero attached hydrogens (tertiary/aromatic N) is 1. The van der Waals surface area contributed by atoms with E-state index in [0.717, 1.165) is 11.3 Å². The molecule has 0 fully saturated rings. The van der Waals surface area contributed by atoms with Crippen LogP contribution < -0.4 is 16.8 Å². The van der Waals surface area contributed by atoms with E-state index in [1.54, 1.807) is 13.1 Å². The van der Waals surface area contributed by atoms with Gasteiger partial charge in [0.1, 0.15) is 0 Å². The van der Waals surface area contributed by atoms with Gasteiger partial charge in [-0.1, -0.05) is 33.8 Å². The van der Waals surface area contributed by atoms with E-state index in [0.29, 0.717) is 49.4 Å². The van der Waals surface area contributed by atoms with E-state index in [1.807, 2.05) is 37.1 Å². The quantitative estimate of drug-likeness (QED) is 0.364. The lowest BCUT2D eigenvalue weighted by atomic mass is 9.68. The van der Waals surface area contributed by atoms with Gasteiger partial charge in [0.2, 0.25) is 0 Å². The molecule has 0 radical (unpaired) electrons. The highest BCUT2D eigenvalue weighted by molar-refractivity contribution is 6.03. The summed E-state index contributed by atoms with van der Waals surface area (Å²) < 4.78 is 11.1. The zero-order valence-corrected chi connectivity index (χ0v) is 21.1. The second-order valence-electron chi connectivity index (χ2n) is 8.90. The smallest absolute Gasteiger partial charge is 0.336 e. The number of esters is 1. The Kier molecular flexibility index (Phi) is 10.1. The number of nitrogens with two attached hydrogens (primary N) is 2. The first-order chi connectivity index (χ1) is 16.3. The van der Waals surface area contributed by atoms with Gasteiger partial charge in [-0.25, -0.2) is 4.79 Å². The molecule has 2 heterocycles. The molecule has 3 rings (SSSR count). The predicted molar refractivity (Wildman–Crippen MR) is 134 cm³/mol. The van der Waals surface area contributed by atoms with Crippen molar-refractivity contribution in [1.82, 2.24) is 10.2 Å². The molecule has 0 saturated carbocycles. The molecule has 34 heavy (non-hydrogen) atoms. The number of Topliss-reactive ketones (excluding diaryl/α,β-unsaturated/α-hetero) is 1. The summed E-state index contributed by atoms with van der Waals surface area (Å²) in [6.45, 7) is 11.7. The first-order valence-corrected chi connectivity index (χ1v) is 12.0. The lowest BCUT2D eigenvalue weighted by molar-refractivity contribution is -0.139. The van der Waals surface area contributed by atoms with Crippen LogP contribution in [-0.4, -0.2) is 49.6 Å².